The molecule has 5 heteroatoms. The Bertz CT molecular complexity index is 1060. The zero-order valence-electron chi connectivity index (χ0n) is 17.1. The highest BCUT2D eigenvalue weighted by atomic mass is 16.1. The minimum Gasteiger partial charge on any atom is -0.354 e. The van der Waals surface area contributed by atoms with Crippen molar-refractivity contribution < 1.29 is 9.59 Å². The van der Waals surface area contributed by atoms with Crippen molar-refractivity contribution in [1.29, 1.82) is 0 Å². The molecule has 0 fully saturated rings. The number of anilines is 3. The number of carbonyl (C=O) groups is 2. The van der Waals surface area contributed by atoms with Gasteiger partial charge >= 0.3 is 0 Å². The summed E-state index contributed by atoms with van der Waals surface area (Å²) >= 11 is 0. The van der Waals surface area contributed by atoms with Crippen LogP contribution in [-0.4, -0.2) is 16.7 Å². The average Bonchev–Trinajstić information content (AvgIpc) is 2.69. The van der Waals surface area contributed by atoms with Crippen LogP contribution < -0.4 is 10.6 Å². The average molecular weight is 387 g/mol. The number of ketones is 1. The van der Waals surface area contributed by atoms with Crippen molar-refractivity contribution in [2.45, 2.75) is 33.6 Å². The van der Waals surface area contributed by atoms with E-state index in [0.29, 0.717) is 22.7 Å². The van der Waals surface area contributed by atoms with Gasteiger partial charge in [-0.15, -0.1) is 0 Å². The summed E-state index contributed by atoms with van der Waals surface area (Å²) in [6, 6.07) is 14.9. The number of nitrogens with zero attached hydrogens (tertiary/aromatic N) is 1. The van der Waals surface area contributed by atoms with E-state index in [1.54, 1.807) is 36.5 Å². The molecule has 2 N–H and O–H groups in total. The summed E-state index contributed by atoms with van der Waals surface area (Å²) in [5, 5.41) is 6.24. The van der Waals surface area contributed by atoms with E-state index in [2.05, 4.69) is 48.5 Å². The Morgan fingerprint density at radius 2 is 1.66 bits per heavy atom. The lowest BCUT2D eigenvalue weighted by Crippen LogP contribution is -2.13. The van der Waals surface area contributed by atoms with Gasteiger partial charge in [-0.05, 0) is 49.1 Å². The molecule has 0 atom stereocenters. The minimum atomic E-state index is -0.282. The molecule has 0 radical (unpaired) electrons. The van der Waals surface area contributed by atoms with Gasteiger partial charge in [-0.25, -0.2) is 0 Å². The molecule has 0 unspecified atom stereocenters. The molecule has 0 bridgehead atoms. The number of hydrogen-bond donors (Lipinski definition) is 2. The van der Waals surface area contributed by atoms with Gasteiger partial charge in [0.25, 0.3) is 5.91 Å². The standard InChI is InChI=1S/C24H25N3O2/c1-15(2)22-10-5-7-16(3)23(22)26-21-12-19(13-25-14-21)24(29)27-20-9-6-8-18(11-20)17(4)28/h5-15,26H,1-4H3,(H,27,29). The number of amides is 1. The first kappa shape index (κ1) is 20.3. The lowest BCUT2D eigenvalue weighted by molar-refractivity contribution is 0.101. The number of Topliss-reactive ketones (excluding diaryl/α,β-unsaturated/α-hetero) is 1. The SMILES string of the molecule is CC(=O)c1cccc(NC(=O)c2cncc(Nc3c(C)cccc3C(C)C)c2)c1. The number of aryl methyl sites for hydroxylation is 1. The van der Waals surface area contributed by atoms with Crippen LogP contribution in [0.1, 0.15) is 58.5 Å². The van der Waals surface area contributed by atoms with Gasteiger partial charge in [0.2, 0.25) is 0 Å². The first-order valence-corrected chi connectivity index (χ1v) is 9.59. The van der Waals surface area contributed by atoms with Crippen molar-refractivity contribution in [2.24, 2.45) is 0 Å². The lowest BCUT2D eigenvalue weighted by atomic mass is 9.98. The van der Waals surface area contributed by atoms with Crippen molar-refractivity contribution in [2.75, 3.05) is 10.6 Å². The number of pyridine rings is 1. The van der Waals surface area contributed by atoms with Crippen molar-refractivity contribution in [1.82, 2.24) is 4.98 Å². The van der Waals surface area contributed by atoms with Crippen molar-refractivity contribution in [3.05, 3.63) is 83.2 Å². The topological polar surface area (TPSA) is 71.1 Å². The fourth-order valence-corrected chi connectivity index (χ4v) is 3.14. The van der Waals surface area contributed by atoms with E-state index in [1.807, 2.05) is 6.07 Å². The third kappa shape index (κ3) is 4.88. The second-order valence-corrected chi connectivity index (χ2v) is 7.37. The molecule has 2 aromatic carbocycles. The Balaban J connectivity index is 1.82. The van der Waals surface area contributed by atoms with Crippen LogP contribution in [0.5, 0.6) is 0 Å². The van der Waals surface area contributed by atoms with Crippen molar-refractivity contribution >= 4 is 28.8 Å². The normalized spacial score (nSPS) is 10.7. The Kier molecular flexibility index (Phi) is 6.07. The molecular weight excluding hydrogens is 362 g/mol. The molecule has 0 saturated carbocycles. The van der Waals surface area contributed by atoms with E-state index >= 15 is 0 Å². The molecule has 0 aliphatic rings. The molecule has 0 aliphatic heterocycles. The van der Waals surface area contributed by atoms with E-state index in [4.69, 9.17) is 0 Å². The van der Waals surface area contributed by atoms with Crippen LogP contribution in [0.2, 0.25) is 0 Å². The van der Waals surface area contributed by atoms with Gasteiger partial charge in [0, 0.05) is 23.1 Å². The molecule has 0 spiro atoms. The van der Waals surface area contributed by atoms with Crippen LogP contribution in [0.3, 0.4) is 0 Å². The van der Waals surface area contributed by atoms with Crippen LogP contribution in [0, 0.1) is 6.92 Å². The smallest absolute Gasteiger partial charge is 0.257 e. The zero-order chi connectivity index (χ0) is 21.0. The zero-order valence-corrected chi connectivity index (χ0v) is 17.1. The molecule has 1 heterocycles. The predicted molar refractivity (Wildman–Crippen MR) is 117 cm³/mol. The summed E-state index contributed by atoms with van der Waals surface area (Å²) in [5.41, 5.74) is 5.68. The summed E-state index contributed by atoms with van der Waals surface area (Å²) < 4.78 is 0. The van der Waals surface area contributed by atoms with E-state index in [0.717, 1.165) is 16.9 Å². The van der Waals surface area contributed by atoms with Crippen LogP contribution in [0.25, 0.3) is 0 Å². The van der Waals surface area contributed by atoms with Gasteiger partial charge in [0.15, 0.2) is 5.78 Å². The molecule has 0 saturated heterocycles. The molecule has 3 rings (SSSR count). The second kappa shape index (κ2) is 8.69. The first-order chi connectivity index (χ1) is 13.8. The van der Waals surface area contributed by atoms with Crippen molar-refractivity contribution in [3.8, 4) is 0 Å². The maximum absolute atomic E-state index is 12.7. The highest BCUT2D eigenvalue weighted by molar-refractivity contribution is 6.05. The van der Waals surface area contributed by atoms with Gasteiger partial charge in [-0.2, -0.15) is 0 Å². The van der Waals surface area contributed by atoms with E-state index in [9.17, 15) is 9.59 Å². The largest absolute Gasteiger partial charge is 0.354 e. The minimum absolute atomic E-state index is 0.0480. The monoisotopic (exact) mass is 387 g/mol. The number of benzene rings is 2. The Labute approximate surface area is 171 Å². The maximum atomic E-state index is 12.7. The quantitative estimate of drug-likeness (QED) is 0.531. The summed E-state index contributed by atoms with van der Waals surface area (Å²) in [6.45, 7) is 7.85. The molecule has 148 valence electrons. The summed E-state index contributed by atoms with van der Waals surface area (Å²) in [6.07, 6.45) is 3.22. The number of para-hydroxylation sites is 1. The molecule has 29 heavy (non-hydrogen) atoms. The highest BCUT2D eigenvalue weighted by Gasteiger charge is 2.12. The molecular formula is C24H25N3O2. The fraction of sp³-hybridized carbons (Fsp3) is 0.208. The van der Waals surface area contributed by atoms with Crippen LogP contribution in [0.15, 0.2) is 60.9 Å². The third-order valence-corrected chi connectivity index (χ3v) is 4.72. The van der Waals surface area contributed by atoms with Gasteiger partial charge in [-0.3, -0.25) is 14.6 Å². The van der Waals surface area contributed by atoms with Crippen LogP contribution in [0.4, 0.5) is 17.1 Å². The molecule has 1 aromatic heterocycles. The Morgan fingerprint density at radius 1 is 0.931 bits per heavy atom. The number of nitrogens with one attached hydrogen (secondary N) is 2. The van der Waals surface area contributed by atoms with Crippen molar-refractivity contribution in [3.63, 3.8) is 0 Å². The predicted octanol–water partition coefficient (Wildman–Crippen LogP) is 5.71. The second-order valence-electron chi connectivity index (χ2n) is 7.37. The van der Waals surface area contributed by atoms with Gasteiger partial charge in [0.05, 0.1) is 17.4 Å². The maximum Gasteiger partial charge on any atom is 0.257 e. The number of rotatable bonds is 6. The number of aromatic nitrogens is 1. The van der Waals surface area contributed by atoms with Crippen LogP contribution >= 0.6 is 0 Å². The summed E-state index contributed by atoms with van der Waals surface area (Å²) in [4.78, 5) is 28.4. The Hall–Kier alpha value is -3.47. The number of hydrogen-bond acceptors (Lipinski definition) is 4. The first-order valence-electron chi connectivity index (χ1n) is 9.59. The Morgan fingerprint density at radius 3 is 2.38 bits per heavy atom. The highest BCUT2D eigenvalue weighted by Crippen LogP contribution is 2.30. The van der Waals surface area contributed by atoms with Gasteiger partial charge in [0.1, 0.15) is 0 Å². The van der Waals surface area contributed by atoms with E-state index in [1.165, 1.54) is 18.7 Å². The third-order valence-electron chi connectivity index (χ3n) is 4.72. The van der Waals surface area contributed by atoms with E-state index < -0.39 is 0 Å². The molecule has 5 nitrogen and oxygen atoms in total. The molecule has 3 aromatic rings. The van der Waals surface area contributed by atoms with Gasteiger partial charge < -0.3 is 10.6 Å². The fourth-order valence-electron chi connectivity index (χ4n) is 3.14. The van der Waals surface area contributed by atoms with Crippen LogP contribution in [-0.2, 0) is 0 Å². The summed E-state index contributed by atoms with van der Waals surface area (Å²) in [5.74, 6) is 0.0364. The molecule has 0 aliphatic carbocycles. The number of carbonyl (C=O) groups excluding carboxylic acids is 2. The van der Waals surface area contributed by atoms with Gasteiger partial charge in [-0.1, -0.05) is 44.2 Å². The van der Waals surface area contributed by atoms with E-state index in [-0.39, 0.29) is 11.7 Å². The summed E-state index contributed by atoms with van der Waals surface area (Å²) in [7, 11) is 0. The molecule has 1 amide bonds. The lowest BCUT2D eigenvalue weighted by Gasteiger charge is -2.17.